The Balaban J connectivity index is 1.99. The zero-order valence-electron chi connectivity index (χ0n) is 18.4. The van der Waals surface area contributed by atoms with Crippen molar-refractivity contribution in [1.82, 2.24) is 5.32 Å². The van der Waals surface area contributed by atoms with E-state index in [-0.39, 0.29) is 5.97 Å². The molecule has 0 bridgehead atoms. The van der Waals surface area contributed by atoms with Gasteiger partial charge in [-0.05, 0) is 38.0 Å². The van der Waals surface area contributed by atoms with E-state index in [1.54, 1.807) is 0 Å². The van der Waals surface area contributed by atoms with Crippen LogP contribution < -0.4 is 10.6 Å². The molecule has 0 saturated carbocycles. The summed E-state index contributed by atoms with van der Waals surface area (Å²) in [4.78, 5) is 13.8. The van der Waals surface area contributed by atoms with E-state index in [1.807, 2.05) is 44.2 Å². The summed E-state index contributed by atoms with van der Waals surface area (Å²) in [6.07, 6.45) is 8.85. The van der Waals surface area contributed by atoms with Crippen LogP contribution in [0.4, 0.5) is 5.00 Å². The molecular formula is C24H34N2O2S2. The van der Waals surface area contributed by atoms with Crippen molar-refractivity contribution in [2.45, 2.75) is 65.7 Å². The number of nitrogens with one attached hydrogen (secondary N) is 2. The number of ether oxygens (including phenoxy) is 1. The third kappa shape index (κ3) is 7.40. The number of carbonyl (C=O) groups is 1. The zero-order chi connectivity index (χ0) is 21.8. The molecule has 2 aromatic rings. The molecule has 0 atom stereocenters. The van der Waals surface area contributed by atoms with Gasteiger partial charge in [-0.15, -0.1) is 11.3 Å². The van der Waals surface area contributed by atoms with Gasteiger partial charge in [0, 0.05) is 17.0 Å². The topological polar surface area (TPSA) is 50.4 Å². The Morgan fingerprint density at radius 1 is 1.03 bits per heavy atom. The molecule has 0 amide bonds. The average Bonchev–Trinajstić information content (AvgIpc) is 3.06. The Morgan fingerprint density at radius 3 is 2.37 bits per heavy atom. The number of anilines is 1. The number of unbranched alkanes of at least 4 members (excludes halogenated alkanes) is 6. The molecule has 1 aromatic heterocycles. The van der Waals surface area contributed by atoms with Crippen molar-refractivity contribution in [1.29, 1.82) is 0 Å². The van der Waals surface area contributed by atoms with Crippen LogP contribution in [0.1, 0.15) is 74.0 Å². The smallest absolute Gasteiger partial charge is 0.341 e. The molecule has 2 N–H and O–H groups in total. The highest BCUT2D eigenvalue weighted by Gasteiger charge is 2.24. The Labute approximate surface area is 190 Å². The Morgan fingerprint density at radius 2 is 1.70 bits per heavy atom. The molecule has 0 spiro atoms. The molecule has 0 aliphatic heterocycles. The van der Waals surface area contributed by atoms with Crippen molar-refractivity contribution in [3.05, 3.63) is 40.8 Å². The minimum Gasteiger partial charge on any atom is -0.462 e. The van der Waals surface area contributed by atoms with Gasteiger partial charge >= 0.3 is 5.97 Å². The Hall–Kier alpha value is -1.92. The van der Waals surface area contributed by atoms with Crippen LogP contribution in [0.2, 0.25) is 0 Å². The largest absolute Gasteiger partial charge is 0.462 e. The number of thiophene rings is 1. The zero-order valence-corrected chi connectivity index (χ0v) is 20.0. The SMILES string of the molecule is CCCCCCCCCNC(=S)Nc1sc(C)c(-c2ccccc2)c1C(=O)OCC. The molecule has 2 rings (SSSR count). The van der Waals surface area contributed by atoms with Crippen molar-refractivity contribution in [2.75, 3.05) is 18.5 Å². The molecule has 1 heterocycles. The van der Waals surface area contributed by atoms with E-state index >= 15 is 0 Å². The summed E-state index contributed by atoms with van der Waals surface area (Å²) in [5.41, 5.74) is 2.48. The molecule has 0 fully saturated rings. The van der Waals surface area contributed by atoms with Crippen LogP contribution in [0.3, 0.4) is 0 Å². The molecule has 0 saturated heterocycles. The molecule has 0 aliphatic rings. The first kappa shape index (κ1) is 24.4. The number of aryl methyl sites for hydroxylation is 1. The predicted molar refractivity (Wildman–Crippen MR) is 133 cm³/mol. The lowest BCUT2D eigenvalue weighted by Gasteiger charge is -2.12. The summed E-state index contributed by atoms with van der Waals surface area (Å²) in [7, 11) is 0. The van der Waals surface area contributed by atoms with E-state index in [2.05, 4.69) is 17.6 Å². The number of carbonyl (C=O) groups excluding carboxylic acids is 1. The van der Waals surface area contributed by atoms with Crippen LogP contribution in [0, 0.1) is 6.92 Å². The van der Waals surface area contributed by atoms with Gasteiger partial charge in [-0.25, -0.2) is 4.79 Å². The highest BCUT2D eigenvalue weighted by molar-refractivity contribution is 7.80. The van der Waals surface area contributed by atoms with Gasteiger partial charge in [0.1, 0.15) is 10.6 Å². The first-order valence-electron chi connectivity index (χ1n) is 11.0. The van der Waals surface area contributed by atoms with Crippen LogP contribution in [0.5, 0.6) is 0 Å². The van der Waals surface area contributed by atoms with E-state index in [0.29, 0.717) is 17.3 Å². The lowest BCUT2D eigenvalue weighted by Crippen LogP contribution is -2.29. The van der Waals surface area contributed by atoms with Gasteiger partial charge in [0.05, 0.1) is 6.61 Å². The number of rotatable bonds is 12. The summed E-state index contributed by atoms with van der Waals surface area (Å²) < 4.78 is 5.34. The highest BCUT2D eigenvalue weighted by Crippen LogP contribution is 2.40. The second kappa shape index (κ2) is 13.4. The van der Waals surface area contributed by atoms with Gasteiger partial charge in [0.25, 0.3) is 0 Å². The molecule has 0 radical (unpaired) electrons. The van der Waals surface area contributed by atoms with Crippen LogP contribution >= 0.6 is 23.6 Å². The number of benzene rings is 1. The van der Waals surface area contributed by atoms with Gasteiger partial charge in [0.15, 0.2) is 5.11 Å². The molecule has 0 aliphatic carbocycles. The summed E-state index contributed by atoms with van der Waals surface area (Å²) in [5.74, 6) is -0.321. The van der Waals surface area contributed by atoms with E-state index in [0.717, 1.165) is 34.0 Å². The van der Waals surface area contributed by atoms with Crippen LogP contribution in [-0.4, -0.2) is 24.2 Å². The minimum atomic E-state index is -0.321. The summed E-state index contributed by atoms with van der Waals surface area (Å²) in [6.45, 7) is 7.26. The molecule has 1 aromatic carbocycles. The minimum absolute atomic E-state index is 0.321. The Bertz CT molecular complexity index is 803. The van der Waals surface area contributed by atoms with Crippen molar-refractivity contribution < 1.29 is 9.53 Å². The molecule has 30 heavy (non-hydrogen) atoms. The molecule has 4 nitrogen and oxygen atoms in total. The van der Waals surface area contributed by atoms with E-state index in [1.165, 1.54) is 49.9 Å². The summed E-state index contributed by atoms with van der Waals surface area (Å²) in [5, 5.41) is 7.80. The number of hydrogen-bond donors (Lipinski definition) is 2. The maximum Gasteiger partial charge on any atom is 0.341 e. The average molecular weight is 447 g/mol. The lowest BCUT2D eigenvalue weighted by molar-refractivity contribution is 0.0529. The predicted octanol–water partition coefficient (Wildman–Crippen LogP) is 6.94. The number of hydrogen-bond acceptors (Lipinski definition) is 4. The third-order valence-corrected chi connectivity index (χ3v) is 6.19. The van der Waals surface area contributed by atoms with Crippen LogP contribution in [0.25, 0.3) is 11.1 Å². The van der Waals surface area contributed by atoms with Gasteiger partial charge in [0.2, 0.25) is 0 Å². The highest BCUT2D eigenvalue weighted by atomic mass is 32.1. The second-order valence-corrected chi connectivity index (χ2v) is 8.96. The van der Waals surface area contributed by atoms with Crippen molar-refractivity contribution in [3.8, 4) is 11.1 Å². The van der Waals surface area contributed by atoms with Crippen molar-refractivity contribution in [3.63, 3.8) is 0 Å². The Kier molecular flexibility index (Phi) is 10.9. The number of esters is 1. The fourth-order valence-electron chi connectivity index (χ4n) is 3.41. The first-order valence-corrected chi connectivity index (χ1v) is 12.2. The van der Waals surface area contributed by atoms with E-state index in [9.17, 15) is 4.79 Å². The van der Waals surface area contributed by atoms with Gasteiger partial charge in [-0.1, -0.05) is 75.8 Å². The fraction of sp³-hybridized carbons (Fsp3) is 0.500. The standard InChI is InChI=1S/C24H34N2O2S2/c1-4-6-7-8-9-10-14-17-25-24(29)26-22-21(23(27)28-5-2)20(18(3)30-22)19-15-12-11-13-16-19/h11-13,15-16H,4-10,14,17H2,1-3H3,(H2,25,26,29). The molecular weight excluding hydrogens is 412 g/mol. The quantitative estimate of drug-likeness (QED) is 0.210. The monoisotopic (exact) mass is 446 g/mol. The van der Waals surface area contributed by atoms with Crippen molar-refractivity contribution >= 4 is 39.6 Å². The number of thiocarbonyl (C=S) groups is 1. The van der Waals surface area contributed by atoms with Crippen LogP contribution in [0.15, 0.2) is 30.3 Å². The fourth-order valence-corrected chi connectivity index (χ4v) is 4.75. The molecule has 6 heteroatoms. The third-order valence-electron chi connectivity index (χ3n) is 4.92. The van der Waals surface area contributed by atoms with E-state index in [4.69, 9.17) is 17.0 Å². The second-order valence-electron chi connectivity index (χ2n) is 7.33. The van der Waals surface area contributed by atoms with E-state index < -0.39 is 0 Å². The summed E-state index contributed by atoms with van der Waals surface area (Å²) >= 11 is 7.02. The van der Waals surface area contributed by atoms with Gasteiger partial charge in [-0.2, -0.15) is 0 Å². The first-order chi connectivity index (χ1) is 14.6. The van der Waals surface area contributed by atoms with Gasteiger partial charge < -0.3 is 15.4 Å². The normalized spacial score (nSPS) is 10.6. The maximum atomic E-state index is 12.7. The lowest BCUT2D eigenvalue weighted by atomic mass is 10.0. The maximum absolute atomic E-state index is 12.7. The summed E-state index contributed by atoms with van der Waals surface area (Å²) in [6, 6.07) is 9.94. The molecule has 164 valence electrons. The molecule has 0 unspecified atom stereocenters. The van der Waals surface area contributed by atoms with Crippen LogP contribution in [-0.2, 0) is 4.74 Å². The van der Waals surface area contributed by atoms with Gasteiger partial charge in [-0.3, -0.25) is 0 Å². The van der Waals surface area contributed by atoms with Crippen molar-refractivity contribution in [2.24, 2.45) is 0 Å².